The molecular weight excluding hydrogens is 429 g/mol. The third-order valence-corrected chi connectivity index (χ3v) is 5.34. The van der Waals surface area contributed by atoms with Crippen LogP contribution in [0.15, 0.2) is 40.9 Å². The van der Waals surface area contributed by atoms with Crippen LogP contribution in [0.2, 0.25) is 0 Å². The standard InChI is InChI=1S/C16H17BrINO/c1-3-20-11-7-8-12(14(17)9-11)16(19)13-6-4-5-10(2)15(13)18/h4-9,16H,3,19H2,1-2H3. The molecule has 0 aliphatic carbocycles. The Hall–Kier alpha value is -0.590. The molecule has 20 heavy (non-hydrogen) atoms. The first-order valence-electron chi connectivity index (χ1n) is 6.47. The normalized spacial score (nSPS) is 12.2. The molecule has 0 aliphatic rings. The van der Waals surface area contributed by atoms with E-state index in [1.807, 2.05) is 25.1 Å². The van der Waals surface area contributed by atoms with E-state index in [2.05, 4.69) is 63.6 Å². The number of halogens is 2. The molecule has 1 atom stereocenters. The Kier molecular flexibility index (Phi) is 5.46. The van der Waals surface area contributed by atoms with Crippen molar-refractivity contribution in [2.45, 2.75) is 19.9 Å². The molecular formula is C16H17BrINO. The average molecular weight is 446 g/mol. The zero-order valence-corrected chi connectivity index (χ0v) is 15.2. The number of ether oxygens (including phenoxy) is 1. The summed E-state index contributed by atoms with van der Waals surface area (Å²) in [6.07, 6.45) is 0. The molecule has 1 unspecified atom stereocenters. The highest BCUT2D eigenvalue weighted by Gasteiger charge is 2.16. The van der Waals surface area contributed by atoms with Gasteiger partial charge >= 0.3 is 0 Å². The van der Waals surface area contributed by atoms with Crippen molar-refractivity contribution in [3.05, 3.63) is 61.1 Å². The summed E-state index contributed by atoms with van der Waals surface area (Å²) in [7, 11) is 0. The second-order valence-corrected chi connectivity index (χ2v) is 6.51. The molecule has 2 N–H and O–H groups in total. The quantitative estimate of drug-likeness (QED) is 0.685. The zero-order valence-electron chi connectivity index (χ0n) is 11.5. The van der Waals surface area contributed by atoms with Crippen molar-refractivity contribution in [2.24, 2.45) is 5.73 Å². The van der Waals surface area contributed by atoms with Crippen LogP contribution in [0.3, 0.4) is 0 Å². The fourth-order valence-corrected chi connectivity index (χ4v) is 3.39. The molecule has 0 aliphatic heterocycles. The first-order valence-corrected chi connectivity index (χ1v) is 8.34. The van der Waals surface area contributed by atoms with E-state index in [9.17, 15) is 0 Å². The molecule has 2 rings (SSSR count). The first kappa shape index (κ1) is 15.8. The second kappa shape index (κ2) is 6.91. The van der Waals surface area contributed by atoms with Crippen LogP contribution in [0, 0.1) is 10.5 Å². The lowest BCUT2D eigenvalue weighted by atomic mass is 9.98. The van der Waals surface area contributed by atoms with Crippen LogP contribution >= 0.6 is 38.5 Å². The van der Waals surface area contributed by atoms with E-state index < -0.39 is 0 Å². The molecule has 0 radical (unpaired) electrons. The highest BCUT2D eigenvalue weighted by molar-refractivity contribution is 14.1. The molecule has 106 valence electrons. The topological polar surface area (TPSA) is 35.2 Å². The van der Waals surface area contributed by atoms with Gasteiger partial charge in [-0.1, -0.05) is 40.2 Å². The fraction of sp³-hybridized carbons (Fsp3) is 0.250. The maximum atomic E-state index is 6.44. The van der Waals surface area contributed by atoms with Gasteiger partial charge in [-0.05, 0) is 65.3 Å². The highest BCUT2D eigenvalue weighted by atomic mass is 127. The van der Waals surface area contributed by atoms with Gasteiger partial charge in [0.2, 0.25) is 0 Å². The fourth-order valence-electron chi connectivity index (χ4n) is 2.09. The van der Waals surface area contributed by atoms with Crippen molar-refractivity contribution in [3.63, 3.8) is 0 Å². The molecule has 2 nitrogen and oxygen atoms in total. The van der Waals surface area contributed by atoms with E-state index in [0.29, 0.717) is 6.61 Å². The zero-order chi connectivity index (χ0) is 14.7. The van der Waals surface area contributed by atoms with Crippen LogP contribution in [-0.2, 0) is 0 Å². The van der Waals surface area contributed by atoms with Gasteiger partial charge in [-0.25, -0.2) is 0 Å². The Morgan fingerprint density at radius 2 is 2.00 bits per heavy atom. The smallest absolute Gasteiger partial charge is 0.120 e. The van der Waals surface area contributed by atoms with Gasteiger partial charge in [0.05, 0.1) is 12.6 Å². The van der Waals surface area contributed by atoms with Gasteiger partial charge in [0.15, 0.2) is 0 Å². The average Bonchev–Trinajstić information content (AvgIpc) is 2.42. The Morgan fingerprint density at radius 3 is 2.65 bits per heavy atom. The first-order chi connectivity index (χ1) is 9.54. The highest BCUT2D eigenvalue weighted by Crippen LogP contribution is 2.32. The number of aryl methyl sites for hydroxylation is 1. The van der Waals surface area contributed by atoms with Gasteiger partial charge in [-0.3, -0.25) is 0 Å². The molecule has 0 saturated carbocycles. The summed E-state index contributed by atoms with van der Waals surface area (Å²) in [5, 5.41) is 0. The molecule has 0 heterocycles. The number of hydrogen-bond acceptors (Lipinski definition) is 2. The molecule has 2 aromatic rings. The summed E-state index contributed by atoms with van der Waals surface area (Å²) >= 11 is 5.95. The summed E-state index contributed by atoms with van der Waals surface area (Å²) in [5.74, 6) is 0.856. The van der Waals surface area contributed by atoms with Crippen LogP contribution in [0.1, 0.15) is 29.7 Å². The molecule has 0 saturated heterocycles. The number of benzene rings is 2. The number of nitrogens with two attached hydrogens (primary N) is 1. The SMILES string of the molecule is CCOc1ccc(C(N)c2cccc(C)c2I)c(Br)c1. The van der Waals surface area contributed by atoms with E-state index in [-0.39, 0.29) is 6.04 Å². The van der Waals surface area contributed by atoms with Crippen molar-refractivity contribution < 1.29 is 4.74 Å². The molecule has 4 heteroatoms. The van der Waals surface area contributed by atoms with Crippen molar-refractivity contribution in [3.8, 4) is 5.75 Å². The van der Waals surface area contributed by atoms with Gasteiger partial charge < -0.3 is 10.5 Å². The van der Waals surface area contributed by atoms with Crippen molar-refractivity contribution in [1.82, 2.24) is 0 Å². The summed E-state index contributed by atoms with van der Waals surface area (Å²) in [5.41, 5.74) is 9.90. The second-order valence-electron chi connectivity index (χ2n) is 4.57. The van der Waals surface area contributed by atoms with E-state index >= 15 is 0 Å². The van der Waals surface area contributed by atoms with E-state index in [4.69, 9.17) is 10.5 Å². The van der Waals surface area contributed by atoms with Crippen molar-refractivity contribution in [1.29, 1.82) is 0 Å². The van der Waals surface area contributed by atoms with E-state index in [0.717, 1.165) is 21.3 Å². The van der Waals surface area contributed by atoms with Crippen LogP contribution in [0.5, 0.6) is 5.75 Å². The summed E-state index contributed by atoms with van der Waals surface area (Å²) in [6, 6.07) is 12.1. The molecule has 0 fully saturated rings. The van der Waals surface area contributed by atoms with Gasteiger partial charge in [0.1, 0.15) is 5.75 Å². The lowest BCUT2D eigenvalue weighted by molar-refractivity contribution is 0.340. The summed E-state index contributed by atoms with van der Waals surface area (Å²) in [6.45, 7) is 4.74. The molecule has 2 aromatic carbocycles. The van der Waals surface area contributed by atoms with Crippen LogP contribution in [-0.4, -0.2) is 6.61 Å². The number of rotatable bonds is 4. The molecule has 0 spiro atoms. The van der Waals surface area contributed by atoms with Gasteiger partial charge in [-0.2, -0.15) is 0 Å². The Balaban J connectivity index is 2.38. The van der Waals surface area contributed by atoms with Gasteiger partial charge in [0.25, 0.3) is 0 Å². The van der Waals surface area contributed by atoms with Gasteiger partial charge in [0, 0.05) is 8.04 Å². The minimum Gasteiger partial charge on any atom is -0.494 e. The maximum absolute atomic E-state index is 6.44. The Morgan fingerprint density at radius 1 is 1.25 bits per heavy atom. The van der Waals surface area contributed by atoms with E-state index in [1.165, 1.54) is 9.13 Å². The lowest BCUT2D eigenvalue weighted by Crippen LogP contribution is -2.14. The van der Waals surface area contributed by atoms with E-state index in [1.54, 1.807) is 0 Å². The Labute approximate surface area is 142 Å². The maximum Gasteiger partial charge on any atom is 0.120 e. The number of hydrogen-bond donors (Lipinski definition) is 1. The third-order valence-electron chi connectivity index (χ3n) is 3.17. The van der Waals surface area contributed by atoms with Crippen LogP contribution in [0.25, 0.3) is 0 Å². The summed E-state index contributed by atoms with van der Waals surface area (Å²) in [4.78, 5) is 0. The minimum absolute atomic E-state index is 0.146. The third kappa shape index (κ3) is 3.35. The molecule has 0 aromatic heterocycles. The van der Waals surface area contributed by atoms with Gasteiger partial charge in [-0.15, -0.1) is 0 Å². The summed E-state index contributed by atoms with van der Waals surface area (Å²) < 4.78 is 7.70. The predicted molar refractivity (Wildman–Crippen MR) is 95.2 cm³/mol. The van der Waals surface area contributed by atoms with Crippen molar-refractivity contribution >= 4 is 38.5 Å². The minimum atomic E-state index is -0.146. The lowest BCUT2D eigenvalue weighted by Gasteiger charge is -2.18. The van der Waals surface area contributed by atoms with Crippen LogP contribution in [0.4, 0.5) is 0 Å². The van der Waals surface area contributed by atoms with Crippen molar-refractivity contribution in [2.75, 3.05) is 6.61 Å². The monoisotopic (exact) mass is 445 g/mol. The van der Waals surface area contributed by atoms with Crippen LogP contribution < -0.4 is 10.5 Å². The Bertz CT molecular complexity index is 615. The molecule has 0 bridgehead atoms. The molecule has 0 amide bonds. The predicted octanol–water partition coefficient (Wildman–Crippen LogP) is 4.81. The largest absolute Gasteiger partial charge is 0.494 e.